The number of nitrogens with zero attached hydrogens (tertiary/aromatic N) is 2. The minimum atomic E-state index is -0.282. The van der Waals surface area contributed by atoms with Crippen molar-refractivity contribution in [1.82, 2.24) is 9.97 Å². The number of esters is 1. The van der Waals surface area contributed by atoms with Crippen LogP contribution >= 0.6 is 0 Å². The number of carbonyl (C=O) groups is 1. The first kappa shape index (κ1) is 11.3. The van der Waals surface area contributed by atoms with Crippen LogP contribution < -0.4 is 0 Å². The molecule has 0 bridgehead atoms. The Balaban J connectivity index is 2.14. The standard InChI is InChI=1S/C12H12N2O3/c1-8(15)17-5-4-9-2-3-10-11(6-9)13-7-12(16)14-10/h2-3,6-7H,4-5H2,1H3,(H,14,16). The lowest BCUT2D eigenvalue weighted by Crippen LogP contribution is -2.03. The minimum absolute atomic E-state index is 0.0924. The molecule has 17 heavy (non-hydrogen) atoms. The third kappa shape index (κ3) is 2.90. The van der Waals surface area contributed by atoms with E-state index in [-0.39, 0.29) is 11.8 Å². The summed E-state index contributed by atoms with van der Waals surface area (Å²) >= 11 is 0. The van der Waals surface area contributed by atoms with Gasteiger partial charge >= 0.3 is 5.97 Å². The van der Waals surface area contributed by atoms with Gasteiger partial charge in [-0.05, 0) is 17.7 Å². The normalized spacial score (nSPS) is 10.4. The van der Waals surface area contributed by atoms with E-state index >= 15 is 0 Å². The molecular weight excluding hydrogens is 220 g/mol. The smallest absolute Gasteiger partial charge is 0.302 e. The first-order chi connectivity index (χ1) is 8.15. The van der Waals surface area contributed by atoms with Gasteiger partial charge in [-0.15, -0.1) is 0 Å². The highest BCUT2D eigenvalue weighted by Crippen LogP contribution is 2.14. The summed E-state index contributed by atoms with van der Waals surface area (Å²) in [6, 6.07) is 5.52. The molecule has 0 saturated carbocycles. The van der Waals surface area contributed by atoms with Gasteiger partial charge in [0.2, 0.25) is 5.88 Å². The molecule has 1 aromatic heterocycles. The molecule has 2 rings (SSSR count). The van der Waals surface area contributed by atoms with Crippen LogP contribution in [0.1, 0.15) is 12.5 Å². The van der Waals surface area contributed by atoms with Gasteiger partial charge in [0.05, 0.1) is 23.8 Å². The summed E-state index contributed by atoms with van der Waals surface area (Å²) in [6.45, 7) is 1.74. The van der Waals surface area contributed by atoms with Crippen molar-refractivity contribution in [2.75, 3.05) is 6.61 Å². The molecule has 0 aliphatic heterocycles. The maximum absolute atomic E-state index is 10.6. The molecule has 0 atom stereocenters. The van der Waals surface area contributed by atoms with E-state index in [0.717, 1.165) is 5.56 Å². The van der Waals surface area contributed by atoms with Gasteiger partial charge in [0.15, 0.2) is 0 Å². The summed E-state index contributed by atoms with van der Waals surface area (Å²) in [7, 11) is 0. The molecule has 1 aromatic carbocycles. The minimum Gasteiger partial charge on any atom is -0.492 e. The molecule has 5 heteroatoms. The second kappa shape index (κ2) is 4.78. The van der Waals surface area contributed by atoms with E-state index < -0.39 is 0 Å². The SMILES string of the molecule is CC(=O)OCCc1ccc2nc(O)cnc2c1. The number of ether oxygens (including phenoxy) is 1. The zero-order valence-electron chi connectivity index (χ0n) is 9.38. The maximum Gasteiger partial charge on any atom is 0.302 e. The fourth-order valence-corrected chi connectivity index (χ4v) is 1.51. The highest BCUT2D eigenvalue weighted by atomic mass is 16.5. The van der Waals surface area contributed by atoms with Crippen LogP contribution in [0.5, 0.6) is 5.88 Å². The van der Waals surface area contributed by atoms with E-state index in [9.17, 15) is 9.90 Å². The molecule has 0 unspecified atom stereocenters. The fourth-order valence-electron chi connectivity index (χ4n) is 1.51. The van der Waals surface area contributed by atoms with Gasteiger partial charge in [-0.1, -0.05) is 6.07 Å². The summed E-state index contributed by atoms with van der Waals surface area (Å²) in [4.78, 5) is 18.6. The molecular formula is C12H12N2O3. The molecule has 0 aliphatic rings. The third-order valence-electron chi connectivity index (χ3n) is 2.29. The van der Waals surface area contributed by atoms with Crippen molar-refractivity contribution in [1.29, 1.82) is 0 Å². The van der Waals surface area contributed by atoms with Crippen molar-refractivity contribution < 1.29 is 14.6 Å². The van der Waals surface area contributed by atoms with Crippen LogP contribution in [0, 0.1) is 0 Å². The zero-order chi connectivity index (χ0) is 12.3. The van der Waals surface area contributed by atoms with Crippen molar-refractivity contribution in [3.05, 3.63) is 30.0 Å². The number of hydrogen-bond donors (Lipinski definition) is 1. The van der Waals surface area contributed by atoms with Gasteiger partial charge < -0.3 is 9.84 Å². The van der Waals surface area contributed by atoms with Gasteiger partial charge in [0.25, 0.3) is 0 Å². The van der Waals surface area contributed by atoms with Crippen LogP contribution in [0.2, 0.25) is 0 Å². The fraction of sp³-hybridized carbons (Fsp3) is 0.250. The summed E-state index contributed by atoms with van der Waals surface area (Å²) in [5.74, 6) is -0.374. The number of rotatable bonds is 3. The van der Waals surface area contributed by atoms with Crippen molar-refractivity contribution in [3.63, 3.8) is 0 Å². The highest BCUT2D eigenvalue weighted by molar-refractivity contribution is 5.75. The topological polar surface area (TPSA) is 72.3 Å². The van der Waals surface area contributed by atoms with Gasteiger partial charge in [0.1, 0.15) is 0 Å². The molecule has 2 aromatic rings. The van der Waals surface area contributed by atoms with Gasteiger partial charge in [-0.2, -0.15) is 0 Å². The Morgan fingerprint density at radius 2 is 2.24 bits per heavy atom. The quantitative estimate of drug-likeness (QED) is 0.811. The number of hydrogen-bond acceptors (Lipinski definition) is 5. The largest absolute Gasteiger partial charge is 0.492 e. The van der Waals surface area contributed by atoms with Gasteiger partial charge in [-0.25, -0.2) is 9.97 Å². The average Bonchev–Trinajstić information content (AvgIpc) is 2.29. The summed E-state index contributed by atoms with van der Waals surface area (Å²) in [6.07, 6.45) is 1.94. The highest BCUT2D eigenvalue weighted by Gasteiger charge is 2.01. The van der Waals surface area contributed by atoms with Crippen LogP contribution in [0.25, 0.3) is 11.0 Å². The Bertz CT molecular complexity index is 554. The van der Waals surface area contributed by atoms with E-state index in [4.69, 9.17) is 4.74 Å². The van der Waals surface area contributed by atoms with Crippen LogP contribution in [0.4, 0.5) is 0 Å². The Kier molecular flexibility index (Phi) is 3.18. The molecule has 88 valence electrons. The van der Waals surface area contributed by atoms with Crippen LogP contribution in [-0.4, -0.2) is 27.7 Å². The van der Waals surface area contributed by atoms with Crippen LogP contribution in [0.3, 0.4) is 0 Å². The summed E-state index contributed by atoms with van der Waals surface area (Å²) in [5.41, 5.74) is 2.36. The second-order valence-electron chi connectivity index (χ2n) is 3.64. The van der Waals surface area contributed by atoms with Crippen molar-refractivity contribution in [3.8, 4) is 5.88 Å². The summed E-state index contributed by atoms with van der Waals surface area (Å²) < 4.78 is 4.86. The maximum atomic E-state index is 10.6. The second-order valence-corrected chi connectivity index (χ2v) is 3.64. The molecule has 0 aliphatic carbocycles. The predicted octanol–water partition coefficient (Wildman–Crippen LogP) is 1.44. The van der Waals surface area contributed by atoms with Gasteiger partial charge in [-0.3, -0.25) is 4.79 Å². The molecule has 0 fully saturated rings. The van der Waals surface area contributed by atoms with Crippen LogP contribution in [-0.2, 0) is 16.0 Å². The Morgan fingerprint density at radius 1 is 1.41 bits per heavy atom. The van der Waals surface area contributed by atoms with E-state index in [1.165, 1.54) is 13.1 Å². The van der Waals surface area contributed by atoms with Gasteiger partial charge in [0, 0.05) is 13.3 Å². The zero-order valence-corrected chi connectivity index (χ0v) is 9.38. The lowest BCUT2D eigenvalue weighted by molar-refractivity contribution is -0.140. The van der Waals surface area contributed by atoms with Crippen molar-refractivity contribution >= 4 is 17.0 Å². The van der Waals surface area contributed by atoms with E-state index in [2.05, 4.69) is 9.97 Å². The average molecular weight is 232 g/mol. The molecule has 5 nitrogen and oxygen atoms in total. The van der Waals surface area contributed by atoms with E-state index in [1.807, 2.05) is 12.1 Å². The number of carbonyl (C=O) groups excluding carboxylic acids is 1. The van der Waals surface area contributed by atoms with E-state index in [0.29, 0.717) is 24.1 Å². The lowest BCUT2D eigenvalue weighted by atomic mass is 10.1. The first-order valence-corrected chi connectivity index (χ1v) is 5.23. The monoisotopic (exact) mass is 232 g/mol. The Labute approximate surface area is 98.1 Å². The number of aromatic hydroxyl groups is 1. The molecule has 0 amide bonds. The summed E-state index contributed by atoms with van der Waals surface area (Å²) in [5, 5.41) is 9.17. The van der Waals surface area contributed by atoms with Crippen LogP contribution in [0.15, 0.2) is 24.4 Å². The molecule has 0 spiro atoms. The molecule has 0 saturated heterocycles. The van der Waals surface area contributed by atoms with Crippen molar-refractivity contribution in [2.45, 2.75) is 13.3 Å². The van der Waals surface area contributed by atoms with E-state index in [1.54, 1.807) is 6.07 Å². The Hall–Kier alpha value is -2.17. The number of fused-ring (bicyclic) bond motifs is 1. The lowest BCUT2D eigenvalue weighted by Gasteiger charge is -2.03. The van der Waals surface area contributed by atoms with Crippen molar-refractivity contribution in [2.24, 2.45) is 0 Å². The molecule has 1 heterocycles. The molecule has 0 radical (unpaired) electrons. The Morgan fingerprint density at radius 3 is 3.00 bits per heavy atom. The number of benzene rings is 1. The molecule has 1 N–H and O–H groups in total. The predicted molar refractivity (Wildman–Crippen MR) is 61.5 cm³/mol. The first-order valence-electron chi connectivity index (χ1n) is 5.23. The third-order valence-corrected chi connectivity index (χ3v) is 2.29. The number of aromatic nitrogens is 2.